The number of benzene rings is 3. The summed E-state index contributed by atoms with van der Waals surface area (Å²) in [5, 5.41) is 2.86. The second kappa shape index (κ2) is 9.21. The molecule has 1 N–H and O–H groups in total. The van der Waals surface area contributed by atoms with Crippen molar-refractivity contribution in [2.24, 2.45) is 0 Å². The van der Waals surface area contributed by atoms with Crippen LogP contribution in [0.3, 0.4) is 0 Å². The fourth-order valence-electron chi connectivity index (χ4n) is 3.21. The summed E-state index contributed by atoms with van der Waals surface area (Å²) in [7, 11) is 0. The van der Waals surface area contributed by atoms with Gasteiger partial charge in [-0.1, -0.05) is 24.3 Å². The lowest BCUT2D eigenvalue weighted by Gasteiger charge is -2.13. The van der Waals surface area contributed by atoms with Crippen LogP contribution >= 0.6 is 0 Å². The second-order valence-corrected chi connectivity index (χ2v) is 6.79. The van der Waals surface area contributed by atoms with Gasteiger partial charge in [0.1, 0.15) is 11.5 Å². The number of rotatable bonds is 8. The van der Waals surface area contributed by atoms with Crippen LogP contribution in [-0.4, -0.2) is 17.1 Å². The van der Waals surface area contributed by atoms with E-state index in [4.69, 9.17) is 13.9 Å². The smallest absolute Gasteiger partial charge is 0.419 e. The lowest BCUT2D eigenvalue weighted by molar-refractivity contribution is -0.116. The summed E-state index contributed by atoms with van der Waals surface area (Å²) in [6, 6.07) is 21.6. The first-order valence-corrected chi connectivity index (χ1v) is 10.0. The average Bonchev–Trinajstić information content (AvgIpc) is 3.10. The van der Waals surface area contributed by atoms with Crippen molar-refractivity contribution in [3.63, 3.8) is 0 Å². The number of oxazole rings is 1. The third-order valence-corrected chi connectivity index (χ3v) is 4.66. The number of aromatic nitrogens is 1. The number of para-hydroxylation sites is 4. The second-order valence-electron chi connectivity index (χ2n) is 6.79. The van der Waals surface area contributed by atoms with Crippen LogP contribution in [0.1, 0.15) is 13.3 Å². The van der Waals surface area contributed by atoms with E-state index in [9.17, 15) is 9.59 Å². The van der Waals surface area contributed by atoms with Crippen molar-refractivity contribution < 1.29 is 18.7 Å². The molecule has 158 valence electrons. The van der Waals surface area contributed by atoms with Crippen LogP contribution in [0.2, 0.25) is 0 Å². The summed E-state index contributed by atoms with van der Waals surface area (Å²) in [6.45, 7) is 2.73. The van der Waals surface area contributed by atoms with E-state index in [0.717, 1.165) is 5.75 Å². The molecule has 0 spiro atoms. The van der Waals surface area contributed by atoms with Gasteiger partial charge in [-0.05, 0) is 55.5 Å². The number of fused-ring (bicyclic) bond motifs is 1. The van der Waals surface area contributed by atoms with Crippen molar-refractivity contribution in [1.82, 2.24) is 4.57 Å². The number of carbonyl (C=O) groups excluding carboxylic acids is 1. The van der Waals surface area contributed by atoms with Crippen LogP contribution < -0.4 is 20.5 Å². The van der Waals surface area contributed by atoms with Crippen LogP contribution in [0.25, 0.3) is 11.1 Å². The highest BCUT2D eigenvalue weighted by Crippen LogP contribution is 2.30. The van der Waals surface area contributed by atoms with E-state index in [1.165, 1.54) is 4.57 Å². The molecule has 7 heteroatoms. The van der Waals surface area contributed by atoms with Gasteiger partial charge in [-0.25, -0.2) is 4.79 Å². The lowest BCUT2D eigenvalue weighted by Crippen LogP contribution is -2.20. The number of amides is 1. The molecule has 0 unspecified atom stereocenters. The number of nitrogens with zero attached hydrogens (tertiary/aromatic N) is 1. The highest BCUT2D eigenvalue weighted by atomic mass is 16.5. The molecule has 0 aliphatic carbocycles. The minimum atomic E-state index is -0.478. The summed E-state index contributed by atoms with van der Waals surface area (Å²) < 4.78 is 18.0. The predicted octanol–water partition coefficient (Wildman–Crippen LogP) is 4.81. The monoisotopic (exact) mass is 418 g/mol. The molecule has 0 aliphatic heterocycles. The number of ether oxygens (including phenoxy) is 2. The van der Waals surface area contributed by atoms with E-state index in [1.807, 2.05) is 37.3 Å². The van der Waals surface area contributed by atoms with Gasteiger partial charge >= 0.3 is 5.76 Å². The molecule has 1 aromatic heterocycles. The molecular formula is C24H22N2O5. The summed E-state index contributed by atoms with van der Waals surface area (Å²) in [4.78, 5) is 24.6. The molecule has 31 heavy (non-hydrogen) atoms. The standard InChI is InChI=1S/C24H22N2O5/c1-2-29-17-11-13-18(14-12-17)30-21-9-5-3-7-19(21)25-23(27)15-16-26-20-8-4-6-10-22(20)31-24(26)28/h3-14H,2,15-16H2,1H3,(H,25,27). The molecule has 1 heterocycles. The number of nitrogens with one attached hydrogen (secondary N) is 1. The molecule has 0 atom stereocenters. The average molecular weight is 418 g/mol. The number of aryl methyl sites for hydroxylation is 1. The predicted molar refractivity (Wildman–Crippen MR) is 118 cm³/mol. The molecular weight excluding hydrogens is 396 g/mol. The van der Waals surface area contributed by atoms with Crippen LogP contribution in [0.4, 0.5) is 5.69 Å². The molecule has 0 saturated heterocycles. The molecule has 7 nitrogen and oxygen atoms in total. The first-order valence-electron chi connectivity index (χ1n) is 10.0. The maximum atomic E-state index is 12.5. The van der Waals surface area contributed by atoms with Gasteiger partial charge in [-0.2, -0.15) is 0 Å². The third kappa shape index (κ3) is 4.78. The third-order valence-electron chi connectivity index (χ3n) is 4.66. The van der Waals surface area contributed by atoms with Crippen molar-refractivity contribution in [1.29, 1.82) is 0 Å². The van der Waals surface area contributed by atoms with Crippen LogP contribution in [0, 0.1) is 0 Å². The van der Waals surface area contributed by atoms with Gasteiger partial charge in [0, 0.05) is 13.0 Å². The Labute approximate surface area is 178 Å². The van der Waals surface area contributed by atoms with E-state index < -0.39 is 5.76 Å². The Morgan fingerprint density at radius 1 is 0.968 bits per heavy atom. The maximum absolute atomic E-state index is 12.5. The molecule has 0 radical (unpaired) electrons. The van der Waals surface area contributed by atoms with Crippen LogP contribution in [-0.2, 0) is 11.3 Å². The van der Waals surface area contributed by atoms with E-state index in [1.54, 1.807) is 42.5 Å². The number of carbonyl (C=O) groups is 1. The fraction of sp³-hybridized carbons (Fsp3) is 0.167. The zero-order valence-electron chi connectivity index (χ0n) is 17.0. The van der Waals surface area contributed by atoms with Gasteiger partial charge in [0.15, 0.2) is 11.3 Å². The topological polar surface area (TPSA) is 82.7 Å². The molecule has 3 aromatic carbocycles. The molecule has 4 rings (SSSR count). The van der Waals surface area contributed by atoms with E-state index in [-0.39, 0.29) is 18.9 Å². The minimum absolute atomic E-state index is 0.112. The fourth-order valence-corrected chi connectivity index (χ4v) is 3.21. The van der Waals surface area contributed by atoms with Crippen molar-refractivity contribution in [2.75, 3.05) is 11.9 Å². The summed E-state index contributed by atoms with van der Waals surface area (Å²) in [5.74, 6) is 1.19. The molecule has 0 fully saturated rings. The van der Waals surface area contributed by atoms with Gasteiger partial charge in [0.2, 0.25) is 5.91 Å². The quantitative estimate of drug-likeness (QED) is 0.444. The first kappa shape index (κ1) is 20.3. The van der Waals surface area contributed by atoms with Crippen molar-refractivity contribution in [2.45, 2.75) is 19.9 Å². The SMILES string of the molecule is CCOc1ccc(Oc2ccccc2NC(=O)CCn2c(=O)oc3ccccc32)cc1. The van der Waals surface area contributed by atoms with Gasteiger partial charge < -0.3 is 19.2 Å². The molecule has 0 saturated carbocycles. The van der Waals surface area contributed by atoms with Crippen molar-refractivity contribution in [3.05, 3.63) is 83.3 Å². The summed E-state index contributed by atoms with van der Waals surface area (Å²) in [6.07, 6.45) is 0.112. The Kier molecular flexibility index (Phi) is 6.03. The van der Waals surface area contributed by atoms with Gasteiger partial charge in [0.05, 0.1) is 17.8 Å². The van der Waals surface area contributed by atoms with Crippen molar-refractivity contribution in [3.8, 4) is 17.2 Å². The van der Waals surface area contributed by atoms with Gasteiger partial charge in [0.25, 0.3) is 0 Å². The molecule has 0 aliphatic rings. The lowest BCUT2D eigenvalue weighted by atomic mass is 10.2. The minimum Gasteiger partial charge on any atom is -0.494 e. The number of anilines is 1. The van der Waals surface area contributed by atoms with Crippen LogP contribution in [0.5, 0.6) is 17.2 Å². The van der Waals surface area contributed by atoms with Crippen LogP contribution in [0.15, 0.2) is 82.0 Å². The largest absolute Gasteiger partial charge is 0.494 e. The zero-order chi connectivity index (χ0) is 21.6. The Balaban J connectivity index is 1.42. The summed E-state index contributed by atoms with van der Waals surface area (Å²) >= 11 is 0. The molecule has 4 aromatic rings. The first-order chi connectivity index (χ1) is 15.1. The number of hydrogen-bond acceptors (Lipinski definition) is 5. The Morgan fingerprint density at radius 3 is 2.48 bits per heavy atom. The van der Waals surface area contributed by atoms with Gasteiger partial charge in [-0.3, -0.25) is 9.36 Å². The number of hydrogen-bond donors (Lipinski definition) is 1. The van der Waals surface area contributed by atoms with E-state index in [2.05, 4.69) is 5.32 Å². The Bertz CT molecular complexity index is 1240. The van der Waals surface area contributed by atoms with Gasteiger partial charge in [-0.15, -0.1) is 0 Å². The Morgan fingerprint density at radius 2 is 1.68 bits per heavy atom. The molecule has 1 amide bonds. The highest BCUT2D eigenvalue weighted by molar-refractivity contribution is 5.92. The van der Waals surface area contributed by atoms with E-state index >= 15 is 0 Å². The zero-order valence-corrected chi connectivity index (χ0v) is 17.0. The summed E-state index contributed by atoms with van der Waals surface area (Å²) in [5.41, 5.74) is 1.72. The highest BCUT2D eigenvalue weighted by Gasteiger charge is 2.12. The van der Waals surface area contributed by atoms with Crippen molar-refractivity contribution >= 4 is 22.7 Å². The normalized spacial score (nSPS) is 10.7. The van der Waals surface area contributed by atoms with E-state index in [0.29, 0.717) is 34.9 Å². The maximum Gasteiger partial charge on any atom is 0.419 e. The molecule has 0 bridgehead atoms. The Hall–Kier alpha value is -4.00.